The molecule has 3 rings (SSSR count). The molecule has 2 aromatic rings. The van der Waals surface area contributed by atoms with Gasteiger partial charge in [0, 0.05) is 5.92 Å². The lowest BCUT2D eigenvalue weighted by Crippen LogP contribution is -2.40. The van der Waals surface area contributed by atoms with Crippen LogP contribution in [0.5, 0.6) is 0 Å². The van der Waals surface area contributed by atoms with Crippen LogP contribution in [0.1, 0.15) is 44.7 Å². The molecular formula is C22H24INO4. The average Bonchev–Trinajstić information content (AvgIpc) is 2.97. The summed E-state index contributed by atoms with van der Waals surface area (Å²) in [4.78, 5) is 24.7. The molecule has 2 aromatic carbocycles. The Morgan fingerprint density at radius 3 is 2.04 bits per heavy atom. The number of benzene rings is 2. The number of ether oxygens (including phenoxy) is 2. The van der Waals surface area contributed by atoms with E-state index in [-0.39, 0.29) is 12.5 Å². The highest BCUT2D eigenvalue weighted by atomic mass is 127. The van der Waals surface area contributed by atoms with E-state index in [4.69, 9.17) is 9.47 Å². The van der Waals surface area contributed by atoms with Crippen LogP contribution in [0, 0.1) is 0 Å². The van der Waals surface area contributed by atoms with Crippen molar-refractivity contribution in [3.63, 3.8) is 0 Å². The average molecular weight is 493 g/mol. The molecule has 0 radical (unpaired) electrons. The summed E-state index contributed by atoms with van der Waals surface area (Å²) < 4.78 is 12.2. The van der Waals surface area contributed by atoms with E-state index < -0.39 is 23.7 Å². The molecule has 0 aliphatic heterocycles. The van der Waals surface area contributed by atoms with E-state index in [1.165, 1.54) is 14.2 Å². The van der Waals surface area contributed by atoms with Crippen molar-refractivity contribution < 1.29 is 19.1 Å². The fourth-order valence-corrected chi connectivity index (χ4v) is 3.66. The Balaban J connectivity index is 1.69. The lowest BCUT2D eigenvalue weighted by atomic mass is 9.98. The predicted octanol–water partition coefficient (Wildman–Crippen LogP) is 5.32. The summed E-state index contributed by atoms with van der Waals surface area (Å²) in [5, 5.41) is 0. The molecule has 0 fully saturated rings. The van der Waals surface area contributed by atoms with Crippen molar-refractivity contribution in [2.24, 2.45) is 0 Å². The largest absolute Gasteiger partial charge is 0.458 e. The molecular weight excluding hydrogens is 469 g/mol. The summed E-state index contributed by atoms with van der Waals surface area (Å²) in [5.74, 6) is -0.478. The van der Waals surface area contributed by atoms with Gasteiger partial charge in [-0.15, -0.1) is 0 Å². The molecule has 0 saturated carbocycles. The van der Waals surface area contributed by atoms with E-state index in [1.807, 2.05) is 24.3 Å². The Hall–Kier alpha value is -2.09. The van der Waals surface area contributed by atoms with Gasteiger partial charge < -0.3 is 9.47 Å². The van der Waals surface area contributed by atoms with Crippen LogP contribution in [-0.2, 0) is 14.3 Å². The first-order valence-corrected chi connectivity index (χ1v) is 10.2. The van der Waals surface area contributed by atoms with Crippen LogP contribution in [0.25, 0.3) is 11.1 Å². The Bertz CT molecular complexity index is 845. The fourth-order valence-electron chi connectivity index (χ4n) is 3.29. The number of carbonyl (C=O) groups excluding carboxylic acids is 2. The molecule has 148 valence electrons. The van der Waals surface area contributed by atoms with Gasteiger partial charge in [-0.1, -0.05) is 48.5 Å². The van der Waals surface area contributed by atoms with E-state index in [0.29, 0.717) is 0 Å². The molecule has 1 atom stereocenters. The first-order valence-electron chi connectivity index (χ1n) is 9.22. The number of carbonyl (C=O) groups is 2. The quantitative estimate of drug-likeness (QED) is 0.329. The molecule has 0 aromatic heterocycles. The van der Waals surface area contributed by atoms with Gasteiger partial charge in [0.1, 0.15) is 18.2 Å². The molecule has 0 bridgehead atoms. The monoisotopic (exact) mass is 493 g/mol. The minimum atomic E-state index is -0.740. The van der Waals surface area contributed by atoms with Gasteiger partial charge in [-0.3, -0.25) is 0 Å². The van der Waals surface area contributed by atoms with E-state index in [2.05, 4.69) is 24.3 Å². The van der Waals surface area contributed by atoms with Crippen LogP contribution in [0.3, 0.4) is 0 Å². The normalized spacial score (nSPS) is 14.0. The lowest BCUT2D eigenvalue weighted by molar-refractivity contribution is -0.158. The van der Waals surface area contributed by atoms with Gasteiger partial charge in [0.15, 0.2) is 0 Å². The van der Waals surface area contributed by atoms with Crippen LogP contribution < -0.4 is 0 Å². The topological polar surface area (TPSA) is 55.8 Å². The van der Waals surface area contributed by atoms with E-state index in [0.717, 1.165) is 11.1 Å². The highest BCUT2D eigenvalue weighted by Gasteiger charge is 2.32. The Morgan fingerprint density at radius 2 is 1.54 bits per heavy atom. The summed E-state index contributed by atoms with van der Waals surface area (Å²) in [7, 11) is 0. The molecule has 0 saturated heterocycles. The van der Waals surface area contributed by atoms with Crippen molar-refractivity contribution in [2.45, 2.75) is 45.3 Å². The van der Waals surface area contributed by atoms with Crippen molar-refractivity contribution in [3.8, 4) is 11.1 Å². The zero-order valence-electron chi connectivity index (χ0n) is 16.4. The summed E-state index contributed by atoms with van der Waals surface area (Å²) in [5.41, 5.74) is 4.04. The summed E-state index contributed by atoms with van der Waals surface area (Å²) >= 11 is 1.80. The number of hydrogen-bond donors (Lipinski definition) is 0. The molecule has 0 N–H and O–H groups in total. The lowest BCUT2D eigenvalue weighted by Gasteiger charge is -2.26. The highest BCUT2D eigenvalue weighted by Crippen LogP contribution is 2.44. The van der Waals surface area contributed by atoms with Gasteiger partial charge in [-0.05, 0) is 49.9 Å². The zero-order chi connectivity index (χ0) is 20.5. The molecule has 1 aliphatic carbocycles. The first kappa shape index (κ1) is 20.6. The third-order valence-corrected chi connectivity index (χ3v) is 5.83. The maximum Gasteiger partial charge on any atom is 0.419 e. The fraction of sp³-hybridized carbons (Fsp3) is 0.364. The van der Waals surface area contributed by atoms with Crippen LogP contribution >= 0.6 is 22.9 Å². The van der Waals surface area contributed by atoms with E-state index in [9.17, 15) is 9.59 Å². The maximum atomic E-state index is 12.5. The molecule has 1 amide bonds. The minimum Gasteiger partial charge on any atom is -0.458 e. The standard InChI is InChI=1S/C22H24INO4/c1-14(20(25)28-22(2,3)4)24(23)21(26)27-13-19-17-11-7-5-9-15(17)16-10-6-8-12-18(16)19/h5-12,14,19H,13H2,1-4H3/t14-/m0/s1. The summed E-state index contributed by atoms with van der Waals surface area (Å²) in [6.07, 6.45) is -0.555. The second-order valence-corrected chi connectivity index (χ2v) is 8.86. The number of halogens is 1. The van der Waals surface area contributed by atoms with Crippen molar-refractivity contribution in [1.29, 1.82) is 0 Å². The molecule has 0 unspecified atom stereocenters. The molecule has 28 heavy (non-hydrogen) atoms. The Kier molecular flexibility index (Phi) is 5.98. The minimum absolute atomic E-state index is 0.0158. The van der Waals surface area contributed by atoms with Crippen molar-refractivity contribution in [1.82, 2.24) is 3.11 Å². The Morgan fingerprint density at radius 1 is 1.04 bits per heavy atom. The molecule has 0 heterocycles. The zero-order valence-corrected chi connectivity index (χ0v) is 18.6. The van der Waals surface area contributed by atoms with Crippen molar-refractivity contribution in [2.75, 3.05) is 6.61 Å². The smallest absolute Gasteiger partial charge is 0.419 e. The molecule has 6 heteroatoms. The van der Waals surface area contributed by atoms with Crippen LogP contribution in [0.15, 0.2) is 48.5 Å². The third-order valence-electron chi connectivity index (χ3n) is 4.60. The van der Waals surface area contributed by atoms with E-state index >= 15 is 0 Å². The highest BCUT2D eigenvalue weighted by molar-refractivity contribution is 14.1. The van der Waals surface area contributed by atoms with Gasteiger partial charge in [0.05, 0.1) is 22.9 Å². The summed E-state index contributed by atoms with van der Waals surface area (Å²) in [6, 6.07) is 15.6. The van der Waals surface area contributed by atoms with Gasteiger partial charge in [0.25, 0.3) is 0 Å². The van der Waals surface area contributed by atoms with Crippen molar-refractivity contribution in [3.05, 3.63) is 59.7 Å². The number of hydrogen-bond acceptors (Lipinski definition) is 4. The number of esters is 1. The SMILES string of the molecule is C[C@@H](C(=O)OC(C)(C)C)N(I)C(=O)OCC1c2ccccc2-c2ccccc21. The van der Waals surface area contributed by atoms with Gasteiger partial charge in [-0.25, -0.2) is 12.7 Å². The number of amides is 1. The number of nitrogens with zero attached hydrogens (tertiary/aromatic N) is 1. The Labute approximate surface area is 179 Å². The van der Waals surface area contributed by atoms with Crippen molar-refractivity contribution >= 4 is 34.9 Å². The van der Waals surface area contributed by atoms with Crippen LogP contribution in [0.4, 0.5) is 4.79 Å². The maximum absolute atomic E-state index is 12.5. The van der Waals surface area contributed by atoms with Gasteiger partial charge in [0.2, 0.25) is 0 Å². The predicted molar refractivity (Wildman–Crippen MR) is 116 cm³/mol. The summed E-state index contributed by atoms with van der Waals surface area (Å²) in [6.45, 7) is 7.22. The second-order valence-electron chi connectivity index (χ2n) is 7.82. The van der Waals surface area contributed by atoms with Crippen LogP contribution in [-0.4, -0.2) is 33.4 Å². The number of fused-ring (bicyclic) bond motifs is 3. The molecule has 0 spiro atoms. The van der Waals surface area contributed by atoms with Gasteiger partial charge >= 0.3 is 12.1 Å². The third kappa shape index (κ3) is 4.32. The number of rotatable bonds is 4. The van der Waals surface area contributed by atoms with E-state index in [1.54, 1.807) is 50.6 Å². The second kappa shape index (κ2) is 8.11. The van der Waals surface area contributed by atoms with Crippen LogP contribution in [0.2, 0.25) is 0 Å². The first-order chi connectivity index (χ1) is 13.2. The molecule has 5 nitrogen and oxygen atoms in total. The molecule has 1 aliphatic rings. The van der Waals surface area contributed by atoms with Gasteiger partial charge in [-0.2, -0.15) is 0 Å².